The molecule has 0 aromatic heterocycles. The molecular weight excluding hydrogens is 252 g/mol. The van der Waals surface area contributed by atoms with Gasteiger partial charge in [0.05, 0.1) is 12.5 Å². The summed E-state index contributed by atoms with van der Waals surface area (Å²) in [6, 6.07) is 8.09. The van der Waals surface area contributed by atoms with Gasteiger partial charge in [0, 0.05) is 11.6 Å². The van der Waals surface area contributed by atoms with Crippen LogP contribution in [0, 0.1) is 5.92 Å². The third-order valence-electron chi connectivity index (χ3n) is 4.45. The van der Waals surface area contributed by atoms with E-state index in [1.165, 1.54) is 0 Å². The maximum Gasteiger partial charge on any atom is 0.228 e. The maximum atomic E-state index is 12.5. The highest BCUT2D eigenvalue weighted by Crippen LogP contribution is 2.33. The Bertz CT molecular complexity index is 483. The second kappa shape index (κ2) is 5.83. The standard InChI is InChI=1S/C16H22N2O2/c1-11(12-6-8-17-10-12)18-16(19)14-7-9-20-15-5-3-2-4-13(14)15/h2-5,11-12,14,17H,6-10H2,1H3,(H,18,19). The molecule has 1 aromatic rings. The number of para-hydroxylation sites is 1. The van der Waals surface area contributed by atoms with Crippen LogP contribution in [0.4, 0.5) is 0 Å². The number of carbonyl (C=O) groups is 1. The van der Waals surface area contributed by atoms with Crippen LogP contribution in [-0.2, 0) is 4.79 Å². The molecule has 3 unspecified atom stereocenters. The minimum Gasteiger partial charge on any atom is -0.493 e. The zero-order chi connectivity index (χ0) is 13.9. The summed E-state index contributed by atoms with van der Waals surface area (Å²) in [5, 5.41) is 6.55. The molecule has 4 nitrogen and oxygen atoms in total. The molecule has 3 atom stereocenters. The molecule has 2 N–H and O–H groups in total. The second-order valence-electron chi connectivity index (χ2n) is 5.78. The Labute approximate surface area is 119 Å². The highest BCUT2D eigenvalue weighted by molar-refractivity contribution is 5.85. The number of amides is 1. The van der Waals surface area contributed by atoms with Crippen molar-refractivity contribution >= 4 is 5.91 Å². The first-order valence-corrected chi connectivity index (χ1v) is 7.48. The summed E-state index contributed by atoms with van der Waals surface area (Å²) in [6.45, 7) is 4.80. The van der Waals surface area contributed by atoms with Crippen LogP contribution in [0.15, 0.2) is 24.3 Å². The van der Waals surface area contributed by atoms with E-state index in [0.717, 1.165) is 37.2 Å². The summed E-state index contributed by atoms with van der Waals surface area (Å²) < 4.78 is 5.62. The Hall–Kier alpha value is -1.55. The molecule has 0 aliphatic carbocycles. The van der Waals surface area contributed by atoms with Crippen LogP contribution in [0.1, 0.15) is 31.2 Å². The molecule has 20 heavy (non-hydrogen) atoms. The number of hydrogen-bond acceptors (Lipinski definition) is 3. The first kappa shape index (κ1) is 13.4. The van der Waals surface area contributed by atoms with Crippen molar-refractivity contribution in [2.24, 2.45) is 5.92 Å². The Morgan fingerprint density at radius 2 is 2.25 bits per heavy atom. The molecule has 2 aliphatic heterocycles. The lowest BCUT2D eigenvalue weighted by atomic mass is 9.91. The van der Waals surface area contributed by atoms with Gasteiger partial charge < -0.3 is 15.4 Å². The van der Waals surface area contributed by atoms with E-state index in [0.29, 0.717) is 12.5 Å². The molecule has 1 amide bonds. The maximum absolute atomic E-state index is 12.5. The van der Waals surface area contributed by atoms with Gasteiger partial charge in [-0.1, -0.05) is 18.2 Å². The topological polar surface area (TPSA) is 50.4 Å². The van der Waals surface area contributed by atoms with Gasteiger partial charge >= 0.3 is 0 Å². The monoisotopic (exact) mass is 274 g/mol. The summed E-state index contributed by atoms with van der Waals surface area (Å²) in [5.74, 6) is 1.47. The molecule has 1 saturated heterocycles. The normalized spacial score (nSPS) is 26.4. The molecule has 0 saturated carbocycles. The van der Waals surface area contributed by atoms with Gasteiger partial charge in [-0.25, -0.2) is 0 Å². The minimum atomic E-state index is -0.0724. The van der Waals surface area contributed by atoms with E-state index < -0.39 is 0 Å². The fourth-order valence-electron chi connectivity index (χ4n) is 3.16. The van der Waals surface area contributed by atoms with Crippen LogP contribution in [-0.4, -0.2) is 31.6 Å². The summed E-state index contributed by atoms with van der Waals surface area (Å²) in [6.07, 6.45) is 1.91. The zero-order valence-corrected chi connectivity index (χ0v) is 11.9. The van der Waals surface area contributed by atoms with E-state index in [1.54, 1.807) is 0 Å². The van der Waals surface area contributed by atoms with Gasteiger partial charge in [0.1, 0.15) is 5.75 Å². The number of benzene rings is 1. The highest BCUT2D eigenvalue weighted by atomic mass is 16.5. The average Bonchev–Trinajstić information content (AvgIpc) is 3.01. The van der Waals surface area contributed by atoms with Crippen LogP contribution >= 0.6 is 0 Å². The summed E-state index contributed by atoms with van der Waals surface area (Å²) in [7, 11) is 0. The zero-order valence-electron chi connectivity index (χ0n) is 11.9. The van der Waals surface area contributed by atoms with Crippen molar-refractivity contribution in [2.75, 3.05) is 19.7 Å². The Balaban J connectivity index is 1.68. The van der Waals surface area contributed by atoms with Crippen molar-refractivity contribution in [3.8, 4) is 5.75 Å². The van der Waals surface area contributed by atoms with Gasteiger partial charge in [-0.15, -0.1) is 0 Å². The molecule has 0 radical (unpaired) electrons. The first-order valence-electron chi connectivity index (χ1n) is 7.48. The van der Waals surface area contributed by atoms with Crippen molar-refractivity contribution in [3.05, 3.63) is 29.8 Å². The fraction of sp³-hybridized carbons (Fsp3) is 0.562. The Kier molecular flexibility index (Phi) is 3.92. The lowest BCUT2D eigenvalue weighted by Gasteiger charge is -2.28. The smallest absolute Gasteiger partial charge is 0.228 e. The molecule has 2 aliphatic rings. The number of rotatable bonds is 3. The largest absolute Gasteiger partial charge is 0.493 e. The number of nitrogens with one attached hydrogen (secondary N) is 2. The van der Waals surface area contributed by atoms with Crippen molar-refractivity contribution in [2.45, 2.75) is 31.7 Å². The highest BCUT2D eigenvalue weighted by Gasteiger charge is 2.30. The molecule has 0 spiro atoms. The fourth-order valence-corrected chi connectivity index (χ4v) is 3.16. The van der Waals surface area contributed by atoms with Gasteiger partial charge in [0.15, 0.2) is 0 Å². The molecule has 108 valence electrons. The molecule has 0 bridgehead atoms. The van der Waals surface area contributed by atoms with Gasteiger partial charge in [0.2, 0.25) is 5.91 Å². The summed E-state index contributed by atoms with van der Waals surface area (Å²) >= 11 is 0. The number of carbonyl (C=O) groups excluding carboxylic acids is 1. The molecule has 4 heteroatoms. The van der Waals surface area contributed by atoms with Crippen LogP contribution in [0.3, 0.4) is 0 Å². The quantitative estimate of drug-likeness (QED) is 0.881. The Morgan fingerprint density at radius 3 is 3.05 bits per heavy atom. The van der Waals surface area contributed by atoms with E-state index in [-0.39, 0.29) is 17.9 Å². The lowest BCUT2D eigenvalue weighted by Crippen LogP contribution is -2.42. The average molecular weight is 274 g/mol. The third-order valence-corrected chi connectivity index (χ3v) is 4.45. The number of fused-ring (bicyclic) bond motifs is 1. The first-order chi connectivity index (χ1) is 9.75. The molecule has 1 aromatic carbocycles. The molecule has 1 fully saturated rings. The SMILES string of the molecule is CC(NC(=O)C1CCOc2ccccc21)C1CCNC1. The number of ether oxygens (including phenoxy) is 1. The number of hydrogen-bond donors (Lipinski definition) is 2. The molecule has 3 rings (SSSR count). The van der Waals surface area contributed by atoms with E-state index in [9.17, 15) is 4.79 Å². The van der Waals surface area contributed by atoms with Crippen LogP contribution in [0.2, 0.25) is 0 Å². The van der Waals surface area contributed by atoms with Crippen molar-refractivity contribution in [1.82, 2.24) is 10.6 Å². The molecule has 2 heterocycles. The van der Waals surface area contributed by atoms with E-state index in [1.807, 2.05) is 24.3 Å². The van der Waals surface area contributed by atoms with E-state index in [2.05, 4.69) is 17.6 Å². The van der Waals surface area contributed by atoms with Crippen molar-refractivity contribution < 1.29 is 9.53 Å². The predicted molar refractivity (Wildman–Crippen MR) is 77.9 cm³/mol. The van der Waals surface area contributed by atoms with Crippen LogP contribution in [0.25, 0.3) is 0 Å². The minimum absolute atomic E-state index is 0.0724. The van der Waals surface area contributed by atoms with Crippen LogP contribution in [0.5, 0.6) is 5.75 Å². The van der Waals surface area contributed by atoms with Crippen molar-refractivity contribution in [3.63, 3.8) is 0 Å². The van der Waals surface area contributed by atoms with Gasteiger partial charge in [0.25, 0.3) is 0 Å². The van der Waals surface area contributed by atoms with Crippen molar-refractivity contribution in [1.29, 1.82) is 0 Å². The van der Waals surface area contributed by atoms with Crippen LogP contribution < -0.4 is 15.4 Å². The van der Waals surface area contributed by atoms with E-state index in [4.69, 9.17) is 4.74 Å². The van der Waals surface area contributed by atoms with Gasteiger partial charge in [-0.2, -0.15) is 0 Å². The lowest BCUT2D eigenvalue weighted by molar-refractivity contribution is -0.124. The van der Waals surface area contributed by atoms with Gasteiger partial charge in [-0.05, 0) is 44.8 Å². The second-order valence-corrected chi connectivity index (χ2v) is 5.78. The molecular formula is C16H22N2O2. The Morgan fingerprint density at radius 1 is 1.40 bits per heavy atom. The predicted octanol–water partition coefficient (Wildman–Crippen LogP) is 1.67. The summed E-state index contributed by atoms with van der Waals surface area (Å²) in [4.78, 5) is 12.5. The van der Waals surface area contributed by atoms with E-state index >= 15 is 0 Å². The summed E-state index contributed by atoms with van der Waals surface area (Å²) in [5.41, 5.74) is 1.02. The third kappa shape index (κ3) is 2.66. The van der Waals surface area contributed by atoms with Gasteiger partial charge in [-0.3, -0.25) is 4.79 Å².